The zero-order chi connectivity index (χ0) is 12.0. The number of hydrogen-bond acceptors (Lipinski definition) is 3. The predicted molar refractivity (Wildman–Crippen MR) is 57.0 cm³/mol. The van der Waals surface area contributed by atoms with Crippen LogP contribution in [-0.4, -0.2) is 13.1 Å². The van der Waals surface area contributed by atoms with Gasteiger partial charge in [0.2, 0.25) is 0 Å². The van der Waals surface area contributed by atoms with Gasteiger partial charge in [0.15, 0.2) is 0 Å². The average molecular weight is 219 g/mol. The predicted octanol–water partition coefficient (Wildman–Crippen LogP) is 2.54. The molecule has 4 heteroatoms. The van der Waals surface area contributed by atoms with E-state index in [1.165, 1.54) is 19.2 Å². The number of allylic oxidation sites excluding steroid dienone is 1. The molecule has 0 atom stereocenters. The normalized spacial score (nSPS) is 10.1. The maximum absolute atomic E-state index is 13.4. The number of nitrogens with zero attached hydrogens (tertiary/aromatic N) is 1. The number of esters is 1. The van der Waals surface area contributed by atoms with Crippen LogP contribution in [0.1, 0.15) is 22.3 Å². The van der Waals surface area contributed by atoms with E-state index in [4.69, 9.17) is 5.26 Å². The van der Waals surface area contributed by atoms with E-state index in [1.807, 2.05) is 6.07 Å². The second-order valence-electron chi connectivity index (χ2n) is 3.00. The Morgan fingerprint density at radius 1 is 1.62 bits per heavy atom. The van der Waals surface area contributed by atoms with Crippen molar-refractivity contribution in [1.82, 2.24) is 0 Å². The molecule has 0 aliphatic rings. The molecule has 0 radical (unpaired) electrons. The highest BCUT2D eigenvalue weighted by molar-refractivity contribution is 5.89. The largest absolute Gasteiger partial charge is 0.465 e. The SMILES string of the molecule is COC(=O)c1ccc(C=CCC#N)cc1F. The molecule has 0 N–H and O–H groups in total. The van der Waals surface area contributed by atoms with E-state index >= 15 is 0 Å². The van der Waals surface area contributed by atoms with E-state index in [-0.39, 0.29) is 12.0 Å². The van der Waals surface area contributed by atoms with Gasteiger partial charge in [0.25, 0.3) is 0 Å². The fraction of sp³-hybridized carbons (Fsp3) is 0.167. The Bertz CT molecular complexity index is 461. The van der Waals surface area contributed by atoms with Gasteiger partial charge < -0.3 is 4.74 Å². The summed E-state index contributed by atoms with van der Waals surface area (Å²) < 4.78 is 17.8. The second-order valence-corrected chi connectivity index (χ2v) is 3.00. The number of benzene rings is 1. The highest BCUT2D eigenvalue weighted by Gasteiger charge is 2.11. The molecule has 0 saturated carbocycles. The lowest BCUT2D eigenvalue weighted by Crippen LogP contribution is -2.04. The highest BCUT2D eigenvalue weighted by atomic mass is 19.1. The topological polar surface area (TPSA) is 50.1 Å². The zero-order valence-electron chi connectivity index (χ0n) is 8.74. The van der Waals surface area contributed by atoms with Crippen molar-refractivity contribution >= 4 is 12.0 Å². The van der Waals surface area contributed by atoms with E-state index in [9.17, 15) is 9.18 Å². The molecule has 0 aromatic heterocycles. The first kappa shape index (κ1) is 11.9. The van der Waals surface area contributed by atoms with Gasteiger partial charge in [-0.2, -0.15) is 5.26 Å². The lowest BCUT2D eigenvalue weighted by atomic mass is 10.1. The maximum Gasteiger partial charge on any atom is 0.340 e. The number of carbonyl (C=O) groups is 1. The van der Waals surface area contributed by atoms with E-state index in [0.717, 1.165) is 0 Å². The van der Waals surface area contributed by atoms with Crippen LogP contribution < -0.4 is 0 Å². The van der Waals surface area contributed by atoms with Gasteiger partial charge in [-0.3, -0.25) is 0 Å². The highest BCUT2D eigenvalue weighted by Crippen LogP contribution is 2.12. The van der Waals surface area contributed by atoms with Gasteiger partial charge in [0, 0.05) is 0 Å². The summed E-state index contributed by atoms with van der Waals surface area (Å²) in [6.45, 7) is 0. The Morgan fingerprint density at radius 2 is 2.38 bits per heavy atom. The zero-order valence-corrected chi connectivity index (χ0v) is 8.74. The van der Waals surface area contributed by atoms with Crippen LogP contribution in [0.5, 0.6) is 0 Å². The van der Waals surface area contributed by atoms with Crippen LogP contribution >= 0.6 is 0 Å². The summed E-state index contributed by atoms with van der Waals surface area (Å²) in [6.07, 6.45) is 3.50. The third-order valence-corrected chi connectivity index (χ3v) is 1.92. The number of nitriles is 1. The van der Waals surface area contributed by atoms with Gasteiger partial charge >= 0.3 is 5.97 Å². The fourth-order valence-electron chi connectivity index (χ4n) is 1.16. The van der Waals surface area contributed by atoms with Crippen molar-refractivity contribution in [2.24, 2.45) is 0 Å². The molecule has 0 unspecified atom stereocenters. The van der Waals surface area contributed by atoms with E-state index < -0.39 is 11.8 Å². The Labute approximate surface area is 92.8 Å². The summed E-state index contributed by atoms with van der Waals surface area (Å²) in [6, 6.07) is 6.10. The van der Waals surface area contributed by atoms with E-state index in [0.29, 0.717) is 5.56 Å². The van der Waals surface area contributed by atoms with Crippen LogP contribution in [0.4, 0.5) is 4.39 Å². The van der Waals surface area contributed by atoms with Crippen molar-refractivity contribution in [2.75, 3.05) is 7.11 Å². The lowest BCUT2D eigenvalue weighted by molar-refractivity contribution is 0.0595. The van der Waals surface area contributed by atoms with Crippen molar-refractivity contribution in [3.63, 3.8) is 0 Å². The summed E-state index contributed by atoms with van der Waals surface area (Å²) in [5.41, 5.74) is 0.500. The molecule has 1 aromatic carbocycles. The van der Waals surface area contributed by atoms with Crippen LogP contribution in [0.15, 0.2) is 24.3 Å². The van der Waals surface area contributed by atoms with Gasteiger partial charge in [-0.1, -0.05) is 18.2 Å². The first-order valence-corrected chi connectivity index (χ1v) is 4.60. The van der Waals surface area contributed by atoms with Crippen LogP contribution in [-0.2, 0) is 4.74 Å². The van der Waals surface area contributed by atoms with Crippen LogP contribution in [0.25, 0.3) is 6.08 Å². The van der Waals surface area contributed by atoms with Crippen LogP contribution in [0.2, 0.25) is 0 Å². The number of halogens is 1. The third-order valence-electron chi connectivity index (χ3n) is 1.92. The smallest absolute Gasteiger partial charge is 0.340 e. The summed E-state index contributed by atoms with van der Waals surface area (Å²) >= 11 is 0. The molecule has 82 valence electrons. The van der Waals surface area contributed by atoms with Crippen molar-refractivity contribution in [1.29, 1.82) is 5.26 Å². The van der Waals surface area contributed by atoms with Gasteiger partial charge in [-0.25, -0.2) is 9.18 Å². The molecule has 0 aliphatic heterocycles. The number of ether oxygens (including phenoxy) is 1. The van der Waals surface area contributed by atoms with Crippen LogP contribution in [0, 0.1) is 17.1 Å². The van der Waals surface area contributed by atoms with Crippen molar-refractivity contribution in [3.8, 4) is 6.07 Å². The first-order chi connectivity index (χ1) is 7.69. The molecule has 0 fully saturated rings. The summed E-state index contributed by atoms with van der Waals surface area (Å²) in [7, 11) is 1.20. The summed E-state index contributed by atoms with van der Waals surface area (Å²) in [5, 5.41) is 8.31. The average Bonchev–Trinajstić information content (AvgIpc) is 2.29. The minimum absolute atomic E-state index is 0.0973. The molecule has 1 aromatic rings. The fourth-order valence-corrected chi connectivity index (χ4v) is 1.16. The molecule has 16 heavy (non-hydrogen) atoms. The lowest BCUT2D eigenvalue weighted by Gasteiger charge is -2.01. The van der Waals surface area contributed by atoms with Crippen molar-refractivity contribution in [3.05, 3.63) is 41.2 Å². The van der Waals surface area contributed by atoms with Gasteiger partial charge in [-0.05, 0) is 17.7 Å². The monoisotopic (exact) mass is 219 g/mol. The van der Waals surface area contributed by atoms with Crippen molar-refractivity contribution < 1.29 is 13.9 Å². The summed E-state index contributed by atoms with van der Waals surface area (Å²) in [4.78, 5) is 11.1. The Hall–Kier alpha value is -2.15. The minimum atomic E-state index is -0.704. The molecule has 0 heterocycles. The molecule has 0 saturated heterocycles. The molecule has 0 amide bonds. The van der Waals surface area contributed by atoms with Gasteiger partial charge in [0.05, 0.1) is 25.2 Å². The summed E-state index contributed by atoms with van der Waals surface area (Å²) in [5.74, 6) is -1.34. The molecule has 0 bridgehead atoms. The maximum atomic E-state index is 13.4. The molecular formula is C12H10FNO2. The second kappa shape index (κ2) is 5.66. The number of rotatable bonds is 3. The molecule has 0 spiro atoms. The van der Waals surface area contributed by atoms with E-state index in [1.54, 1.807) is 18.2 Å². The number of carbonyl (C=O) groups excluding carboxylic acids is 1. The molecule has 1 rings (SSSR count). The Morgan fingerprint density at radius 3 is 2.94 bits per heavy atom. The minimum Gasteiger partial charge on any atom is -0.465 e. The molecular weight excluding hydrogens is 209 g/mol. The van der Waals surface area contributed by atoms with Gasteiger partial charge in [-0.15, -0.1) is 0 Å². The van der Waals surface area contributed by atoms with E-state index in [2.05, 4.69) is 4.74 Å². The standard InChI is InChI=1S/C12H10FNO2/c1-16-12(15)10-6-5-9(8-11(10)13)4-2-3-7-14/h2,4-6,8H,3H2,1H3. The number of methoxy groups -OCH3 is 1. The molecule has 3 nitrogen and oxygen atoms in total. The quantitative estimate of drug-likeness (QED) is 0.734. The third kappa shape index (κ3) is 2.92. The van der Waals surface area contributed by atoms with Crippen molar-refractivity contribution in [2.45, 2.75) is 6.42 Å². The Kier molecular flexibility index (Phi) is 4.22. The number of hydrogen-bond donors (Lipinski definition) is 0. The molecule has 0 aliphatic carbocycles. The first-order valence-electron chi connectivity index (χ1n) is 4.60. The van der Waals surface area contributed by atoms with Crippen LogP contribution in [0.3, 0.4) is 0 Å². The van der Waals surface area contributed by atoms with Gasteiger partial charge in [0.1, 0.15) is 5.82 Å². The Balaban J connectivity index is 2.92.